The molecule has 0 bridgehead atoms. The van der Waals surface area contributed by atoms with Gasteiger partial charge in [0.05, 0.1) is 0 Å². The van der Waals surface area contributed by atoms with E-state index in [2.05, 4.69) is 12.2 Å². The Bertz CT molecular complexity index is 68.8. The van der Waals surface area contributed by atoms with Crippen molar-refractivity contribution < 1.29 is 4.74 Å². The molecule has 10 heavy (non-hydrogen) atoms. The molecule has 0 N–H and O–H groups in total. The molecule has 1 rings (SSSR count). The molecule has 0 aliphatic heterocycles. The summed E-state index contributed by atoms with van der Waals surface area (Å²) in [5, 5.41) is 0. The smallest absolute Gasteiger partial charge is 0.0437 e. The molecule has 1 aliphatic carbocycles. The molecule has 0 saturated heterocycles. The van der Waals surface area contributed by atoms with E-state index >= 15 is 0 Å². The third kappa shape index (κ3) is 7.70. The Morgan fingerprint density at radius 3 is 1.70 bits per heavy atom. The van der Waals surface area contributed by atoms with Crippen LogP contribution in [0.1, 0.15) is 33.1 Å². The zero-order chi connectivity index (χ0) is 7.66. The van der Waals surface area contributed by atoms with Crippen molar-refractivity contribution in [2.45, 2.75) is 33.1 Å². The van der Waals surface area contributed by atoms with E-state index < -0.39 is 0 Å². The van der Waals surface area contributed by atoms with Crippen LogP contribution in [0, 0.1) is 0 Å². The van der Waals surface area contributed by atoms with Crippen LogP contribution in [0.15, 0.2) is 12.2 Å². The lowest BCUT2D eigenvalue weighted by molar-refractivity contribution is 0.162. The average Bonchev–Trinajstić information content (AvgIpc) is 2.44. The lowest BCUT2D eigenvalue weighted by atomic mass is 10.4. The maximum Gasteiger partial charge on any atom is 0.0437 e. The van der Waals surface area contributed by atoms with Crippen molar-refractivity contribution in [1.29, 1.82) is 0 Å². The van der Waals surface area contributed by atoms with Crippen LogP contribution in [0.3, 0.4) is 0 Å². The molecule has 0 radical (unpaired) electrons. The highest BCUT2D eigenvalue weighted by atomic mass is 16.5. The summed E-state index contributed by atoms with van der Waals surface area (Å²) in [6, 6.07) is 0. The summed E-state index contributed by atoms with van der Waals surface area (Å²) in [6.45, 7) is 5.67. The Morgan fingerprint density at radius 2 is 1.60 bits per heavy atom. The molecule has 0 fully saturated rings. The summed E-state index contributed by atoms with van der Waals surface area (Å²) >= 11 is 0. The molecule has 0 aromatic rings. The molecule has 0 aromatic carbocycles. The summed E-state index contributed by atoms with van der Waals surface area (Å²) in [5.41, 5.74) is 0. The van der Waals surface area contributed by atoms with Crippen molar-refractivity contribution in [3.8, 4) is 0 Å². The van der Waals surface area contributed by atoms with Gasteiger partial charge in [0.25, 0.3) is 0 Å². The van der Waals surface area contributed by atoms with Gasteiger partial charge in [-0.3, -0.25) is 0 Å². The number of hydrogen-bond acceptors (Lipinski definition) is 1. The van der Waals surface area contributed by atoms with Crippen LogP contribution < -0.4 is 0 Å². The van der Waals surface area contributed by atoms with Gasteiger partial charge in [-0.2, -0.15) is 0 Å². The van der Waals surface area contributed by atoms with Gasteiger partial charge in [0.1, 0.15) is 0 Å². The zero-order valence-electron chi connectivity index (χ0n) is 7.10. The summed E-state index contributed by atoms with van der Waals surface area (Å²) in [7, 11) is 0. The Hall–Kier alpha value is -0.300. The van der Waals surface area contributed by atoms with Gasteiger partial charge in [-0.05, 0) is 33.1 Å². The summed E-state index contributed by atoms with van der Waals surface area (Å²) in [5.74, 6) is 0. The molecule has 1 nitrogen and oxygen atoms in total. The molecular formula is C9H18O. The number of allylic oxidation sites excluding steroid dienone is 2. The van der Waals surface area contributed by atoms with Crippen LogP contribution in [0.5, 0.6) is 0 Å². The second kappa shape index (κ2) is 8.70. The summed E-state index contributed by atoms with van der Waals surface area (Å²) < 4.78 is 4.83. The molecule has 0 spiro atoms. The first-order chi connectivity index (χ1) is 4.91. The standard InChI is InChI=1S/C5H8.C4H10O/c1-2-4-5-3-1;1-3-5-4-2/h1-2H,3-5H2;3-4H2,1-2H3. The average molecular weight is 142 g/mol. The van der Waals surface area contributed by atoms with Crippen LogP contribution in [0.25, 0.3) is 0 Å². The number of rotatable bonds is 2. The number of hydrogen-bond donors (Lipinski definition) is 0. The van der Waals surface area contributed by atoms with Gasteiger partial charge in [0.2, 0.25) is 0 Å². The fraction of sp³-hybridized carbons (Fsp3) is 0.778. The van der Waals surface area contributed by atoms with E-state index in [1.54, 1.807) is 0 Å². The molecule has 1 heteroatoms. The molecular weight excluding hydrogens is 124 g/mol. The van der Waals surface area contributed by atoms with E-state index in [9.17, 15) is 0 Å². The van der Waals surface area contributed by atoms with Crippen LogP contribution in [-0.4, -0.2) is 13.2 Å². The Morgan fingerprint density at radius 1 is 1.10 bits per heavy atom. The van der Waals surface area contributed by atoms with E-state index in [4.69, 9.17) is 4.74 Å². The van der Waals surface area contributed by atoms with Crippen LogP contribution in [0.4, 0.5) is 0 Å². The predicted molar refractivity (Wildman–Crippen MR) is 45.2 cm³/mol. The Balaban J connectivity index is 0.000000162. The van der Waals surface area contributed by atoms with E-state index in [-0.39, 0.29) is 0 Å². The fourth-order valence-corrected chi connectivity index (χ4v) is 0.793. The summed E-state index contributed by atoms with van der Waals surface area (Å²) in [6.07, 6.45) is 8.50. The lowest BCUT2D eigenvalue weighted by Gasteiger charge is -1.86. The molecule has 60 valence electrons. The second-order valence-electron chi connectivity index (χ2n) is 2.18. The third-order valence-electron chi connectivity index (χ3n) is 1.32. The monoisotopic (exact) mass is 142 g/mol. The maximum atomic E-state index is 4.83. The minimum Gasteiger partial charge on any atom is -0.382 e. The molecule has 1 aliphatic rings. The first-order valence-electron chi connectivity index (χ1n) is 4.14. The molecule has 0 unspecified atom stereocenters. The molecule has 0 heterocycles. The van der Waals surface area contributed by atoms with Crippen LogP contribution >= 0.6 is 0 Å². The largest absolute Gasteiger partial charge is 0.382 e. The Labute approximate surface area is 64.1 Å². The topological polar surface area (TPSA) is 9.23 Å². The minimum absolute atomic E-state index is 0.844. The van der Waals surface area contributed by atoms with E-state index in [0.717, 1.165) is 13.2 Å². The van der Waals surface area contributed by atoms with Crippen molar-refractivity contribution in [3.05, 3.63) is 12.2 Å². The van der Waals surface area contributed by atoms with Gasteiger partial charge >= 0.3 is 0 Å². The van der Waals surface area contributed by atoms with Crippen molar-refractivity contribution in [2.75, 3.05) is 13.2 Å². The molecule has 0 amide bonds. The number of ether oxygens (including phenoxy) is 1. The second-order valence-corrected chi connectivity index (χ2v) is 2.18. The first-order valence-corrected chi connectivity index (χ1v) is 4.14. The zero-order valence-corrected chi connectivity index (χ0v) is 7.10. The van der Waals surface area contributed by atoms with E-state index in [0.29, 0.717) is 0 Å². The van der Waals surface area contributed by atoms with Crippen LogP contribution in [0.2, 0.25) is 0 Å². The highest BCUT2D eigenvalue weighted by molar-refractivity contribution is 4.88. The molecule has 0 aromatic heterocycles. The highest BCUT2D eigenvalue weighted by Gasteiger charge is 1.84. The quantitative estimate of drug-likeness (QED) is 0.539. The van der Waals surface area contributed by atoms with Gasteiger partial charge in [-0.1, -0.05) is 12.2 Å². The highest BCUT2D eigenvalue weighted by Crippen LogP contribution is 2.05. The third-order valence-corrected chi connectivity index (χ3v) is 1.32. The SMILES string of the molecule is C1=CCCC1.CCOCC. The van der Waals surface area contributed by atoms with Crippen molar-refractivity contribution >= 4 is 0 Å². The van der Waals surface area contributed by atoms with Gasteiger partial charge < -0.3 is 4.74 Å². The van der Waals surface area contributed by atoms with Crippen LogP contribution in [-0.2, 0) is 4.74 Å². The van der Waals surface area contributed by atoms with Gasteiger partial charge in [0, 0.05) is 13.2 Å². The minimum atomic E-state index is 0.844. The van der Waals surface area contributed by atoms with Crippen molar-refractivity contribution in [1.82, 2.24) is 0 Å². The maximum absolute atomic E-state index is 4.83. The molecule has 0 saturated carbocycles. The first kappa shape index (κ1) is 9.70. The lowest BCUT2D eigenvalue weighted by Crippen LogP contribution is -1.84. The predicted octanol–water partition coefficient (Wildman–Crippen LogP) is 2.77. The van der Waals surface area contributed by atoms with Gasteiger partial charge in [-0.25, -0.2) is 0 Å². The van der Waals surface area contributed by atoms with Gasteiger partial charge in [0.15, 0.2) is 0 Å². The van der Waals surface area contributed by atoms with Crippen molar-refractivity contribution in [3.63, 3.8) is 0 Å². The fourth-order valence-electron chi connectivity index (χ4n) is 0.793. The van der Waals surface area contributed by atoms with E-state index in [1.165, 1.54) is 19.3 Å². The normalized spacial score (nSPS) is 14.6. The van der Waals surface area contributed by atoms with Crippen molar-refractivity contribution in [2.24, 2.45) is 0 Å². The summed E-state index contributed by atoms with van der Waals surface area (Å²) in [4.78, 5) is 0. The van der Waals surface area contributed by atoms with Gasteiger partial charge in [-0.15, -0.1) is 0 Å². The molecule has 0 atom stereocenters. The van der Waals surface area contributed by atoms with E-state index in [1.807, 2.05) is 13.8 Å². The Kier molecular flexibility index (Phi) is 8.44.